The third kappa shape index (κ3) is 8.57. The van der Waals surface area contributed by atoms with Gasteiger partial charge in [0.1, 0.15) is 11.2 Å². The van der Waals surface area contributed by atoms with Crippen LogP contribution in [0.2, 0.25) is 19.6 Å². The summed E-state index contributed by atoms with van der Waals surface area (Å²) >= 11 is 0. The second-order valence-electron chi connectivity index (χ2n) is 20.4. The number of benzene rings is 7. The standard InChI is InChI=1S/C35H27N2O.C26H28NOSi.Ir/c1-35(2,3)24-20-21-30(28(22-24)23-12-5-4-6-13-23)37-31-18-9-8-17-29(31)36-34(37)27-16-11-15-26-25-14-7-10-19-32(25)38-33(26)27;1-29(2,3)26-17-27-23(16-20(26)14-18-8-4-5-9-18)19-12-13-25-22(15-19)21-10-6-7-11-24(21)28-25;/h4-15,17-22H,1-3H3;6-7,10-11,13,15-18H,4-5,8-9,14H2,1-3H3;/q2*-1;. The average molecular weight is 1080 g/mol. The molecule has 68 heavy (non-hydrogen) atoms. The van der Waals surface area contributed by atoms with Gasteiger partial charge in [0.05, 0.1) is 36.1 Å². The van der Waals surface area contributed by atoms with Crippen molar-refractivity contribution in [1.29, 1.82) is 0 Å². The minimum Gasteiger partial charge on any atom is -0.501 e. The molecule has 5 nitrogen and oxygen atoms in total. The van der Waals surface area contributed by atoms with E-state index in [4.69, 9.17) is 18.8 Å². The molecule has 341 valence electrons. The van der Waals surface area contributed by atoms with Gasteiger partial charge in [-0.3, -0.25) is 4.98 Å². The molecule has 4 aromatic heterocycles. The molecule has 0 saturated heterocycles. The number of para-hydroxylation sites is 4. The fourth-order valence-electron chi connectivity index (χ4n) is 10.2. The van der Waals surface area contributed by atoms with Gasteiger partial charge in [0, 0.05) is 48.3 Å². The molecule has 0 amide bonds. The molecule has 0 aliphatic heterocycles. The zero-order chi connectivity index (χ0) is 45.9. The topological polar surface area (TPSA) is 57.0 Å². The first-order valence-electron chi connectivity index (χ1n) is 23.8. The van der Waals surface area contributed by atoms with Crippen molar-refractivity contribution in [1.82, 2.24) is 14.5 Å². The summed E-state index contributed by atoms with van der Waals surface area (Å²) < 4.78 is 14.7. The van der Waals surface area contributed by atoms with Crippen molar-refractivity contribution in [3.8, 4) is 39.5 Å². The van der Waals surface area contributed by atoms with Gasteiger partial charge >= 0.3 is 0 Å². The van der Waals surface area contributed by atoms with E-state index in [1.165, 1.54) is 59.5 Å². The summed E-state index contributed by atoms with van der Waals surface area (Å²) in [5, 5.41) is 5.98. The Morgan fingerprint density at radius 2 is 1.38 bits per heavy atom. The van der Waals surface area contributed by atoms with Crippen LogP contribution in [-0.2, 0) is 31.9 Å². The molecule has 12 rings (SSSR count). The number of pyridine rings is 1. The van der Waals surface area contributed by atoms with Gasteiger partial charge in [0.2, 0.25) is 0 Å². The van der Waals surface area contributed by atoms with Crippen LogP contribution in [0, 0.1) is 18.1 Å². The Morgan fingerprint density at radius 1 is 0.691 bits per heavy atom. The van der Waals surface area contributed by atoms with Crippen molar-refractivity contribution in [3.05, 3.63) is 181 Å². The van der Waals surface area contributed by atoms with E-state index in [2.05, 4.69) is 166 Å². The molecule has 11 aromatic rings. The Balaban J connectivity index is 0.000000162. The van der Waals surface area contributed by atoms with Gasteiger partial charge in [-0.25, -0.2) is 0 Å². The minimum atomic E-state index is -1.43. The van der Waals surface area contributed by atoms with Crippen LogP contribution >= 0.6 is 0 Å². The van der Waals surface area contributed by atoms with Crippen molar-refractivity contribution < 1.29 is 28.9 Å². The van der Waals surface area contributed by atoms with Gasteiger partial charge in [0.25, 0.3) is 0 Å². The zero-order valence-electron chi connectivity index (χ0n) is 39.6. The second-order valence-corrected chi connectivity index (χ2v) is 25.4. The summed E-state index contributed by atoms with van der Waals surface area (Å²) in [6, 6.07) is 59.6. The second kappa shape index (κ2) is 18.3. The number of hydrogen-bond donors (Lipinski definition) is 0. The summed E-state index contributed by atoms with van der Waals surface area (Å²) in [5.74, 6) is 1.65. The number of furan rings is 2. The van der Waals surface area contributed by atoms with Crippen LogP contribution in [0.3, 0.4) is 0 Å². The van der Waals surface area contributed by atoms with Crippen LogP contribution in [0.25, 0.3) is 94.4 Å². The quantitative estimate of drug-likeness (QED) is 0.118. The SMILES string of the molecule is CC(C)(C)c1ccc(-n2c(-c3[c-]ccc4c3oc3ccccc34)nc3ccccc32)c(-c2ccccc2)c1.C[Si](C)(C)c1cnc(-c2[c-]cc3oc4ccccc4c3c2)cc1CC1CCCC1.[Ir]. The molecule has 0 unspecified atom stereocenters. The van der Waals surface area contributed by atoms with Gasteiger partial charge in [-0.2, -0.15) is 0 Å². The number of rotatable bonds is 7. The van der Waals surface area contributed by atoms with Crippen LogP contribution in [-0.4, -0.2) is 22.6 Å². The molecule has 1 fully saturated rings. The molecule has 7 heteroatoms. The number of nitrogens with zero attached hydrogens (tertiary/aromatic N) is 3. The van der Waals surface area contributed by atoms with E-state index in [1.54, 1.807) is 0 Å². The molecule has 1 aliphatic carbocycles. The summed E-state index contributed by atoms with van der Waals surface area (Å²) in [7, 11) is -1.43. The van der Waals surface area contributed by atoms with Crippen LogP contribution in [0.15, 0.2) is 167 Å². The van der Waals surface area contributed by atoms with Crippen molar-refractivity contribution in [2.24, 2.45) is 5.92 Å². The number of hydrogen-bond acceptors (Lipinski definition) is 4. The first kappa shape index (κ1) is 45.4. The molecule has 1 radical (unpaired) electrons. The first-order valence-corrected chi connectivity index (χ1v) is 27.3. The first-order chi connectivity index (χ1) is 32.5. The van der Waals surface area contributed by atoms with E-state index >= 15 is 0 Å². The van der Waals surface area contributed by atoms with Gasteiger partial charge in [-0.15, -0.1) is 42.0 Å². The predicted octanol–water partition coefficient (Wildman–Crippen LogP) is 16.1. The summed E-state index contributed by atoms with van der Waals surface area (Å²) in [6.45, 7) is 14.1. The van der Waals surface area contributed by atoms with Crippen LogP contribution in [0.1, 0.15) is 57.6 Å². The van der Waals surface area contributed by atoms with Crippen LogP contribution < -0.4 is 5.19 Å². The van der Waals surface area contributed by atoms with Crippen molar-refractivity contribution >= 4 is 68.2 Å². The molecule has 1 saturated carbocycles. The summed E-state index contributed by atoms with van der Waals surface area (Å²) in [5.41, 5.74) is 14.7. The molecule has 0 atom stereocenters. The maximum atomic E-state index is 6.42. The van der Waals surface area contributed by atoms with Gasteiger partial charge in [0.15, 0.2) is 0 Å². The van der Waals surface area contributed by atoms with E-state index in [0.29, 0.717) is 0 Å². The van der Waals surface area contributed by atoms with E-state index < -0.39 is 8.07 Å². The normalized spacial score (nSPS) is 13.4. The van der Waals surface area contributed by atoms with Crippen molar-refractivity contribution in [2.75, 3.05) is 0 Å². The number of imidazole rings is 1. The van der Waals surface area contributed by atoms with Crippen LogP contribution in [0.4, 0.5) is 0 Å². The Labute approximate surface area is 413 Å². The third-order valence-corrected chi connectivity index (χ3v) is 15.7. The molecular weight excluding hydrogens is 1030 g/mol. The van der Waals surface area contributed by atoms with E-state index in [1.807, 2.05) is 48.5 Å². The van der Waals surface area contributed by atoms with Crippen LogP contribution in [0.5, 0.6) is 0 Å². The Morgan fingerprint density at radius 3 is 2.13 bits per heavy atom. The number of fused-ring (bicyclic) bond motifs is 7. The van der Waals surface area contributed by atoms with E-state index in [-0.39, 0.29) is 25.5 Å². The molecule has 0 spiro atoms. The minimum absolute atomic E-state index is 0. The maximum Gasteiger partial charge on any atom is 0.120 e. The van der Waals surface area contributed by atoms with Gasteiger partial charge in [-0.05, 0) is 76.2 Å². The molecule has 0 N–H and O–H groups in total. The third-order valence-electron chi connectivity index (χ3n) is 13.7. The molecule has 7 aromatic carbocycles. The van der Waals surface area contributed by atoms with Crippen molar-refractivity contribution in [3.63, 3.8) is 0 Å². The molecular formula is C61H55IrN3O2Si-2. The Hall–Kier alpha value is -6.37. The summed E-state index contributed by atoms with van der Waals surface area (Å²) in [4.78, 5) is 10.1. The van der Waals surface area contributed by atoms with E-state index in [0.717, 1.165) is 89.2 Å². The smallest absolute Gasteiger partial charge is 0.120 e. The fourth-order valence-corrected chi connectivity index (χ4v) is 11.8. The largest absolute Gasteiger partial charge is 0.501 e. The Bertz CT molecular complexity index is 3600. The molecule has 4 heterocycles. The Kier molecular flexibility index (Phi) is 12.2. The predicted molar refractivity (Wildman–Crippen MR) is 281 cm³/mol. The zero-order valence-corrected chi connectivity index (χ0v) is 43.0. The maximum absolute atomic E-state index is 6.42. The summed E-state index contributed by atoms with van der Waals surface area (Å²) in [6.07, 6.45) is 8.90. The monoisotopic (exact) mass is 1080 g/mol. The molecule has 0 bridgehead atoms. The number of aromatic nitrogens is 3. The average Bonchev–Trinajstić information content (AvgIpc) is 4.15. The fraction of sp³-hybridized carbons (Fsp3) is 0.213. The van der Waals surface area contributed by atoms with Gasteiger partial charge in [-0.1, -0.05) is 179 Å². The van der Waals surface area contributed by atoms with E-state index in [9.17, 15) is 0 Å². The molecule has 1 aliphatic rings. The van der Waals surface area contributed by atoms with Gasteiger partial charge < -0.3 is 18.4 Å². The van der Waals surface area contributed by atoms with Crippen molar-refractivity contribution in [2.45, 2.75) is 77.9 Å².